The van der Waals surface area contributed by atoms with Crippen LogP contribution in [-0.2, 0) is 10.0 Å². The molecule has 0 spiro atoms. The number of halogens is 1. The normalized spacial score (nSPS) is 13.1. The summed E-state index contributed by atoms with van der Waals surface area (Å²) in [5, 5.41) is 8.95. The van der Waals surface area contributed by atoms with E-state index in [1.165, 1.54) is 16.3 Å². The predicted octanol–water partition coefficient (Wildman–Crippen LogP) is 2.62. The first-order chi connectivity index (χ1) is 11.9. The minimum atomic E-state index is -3.18. The lowest BCUT2D eigenvalue weighted by Crippen LogP contribution is -2.39. The Morgan fingerprint density at radius 2 is 1.85 bits per heavy atom. The topological polar surface area (TPSA) is 82.6 Å². The number of benzene rings is 2. The first-order valence-corrected chi connectivity index (χ1v) is 10.3. The summed E-state index contributed by atoms with van der Waals surface area (Å²) < 4.78 is 24.6. The largest absolute Gasteiger partial charge is 0.357 e. The highest BCUT2D eigenvalue weighted by molar-refractivity contribution is 14.0. The van der Waals surface area contributed by atoms with E-state index in [0.29, 0.717) is 12.5 Å². The lowest BCUT2D eigenvalue weighted by molar-refractivity contribution is 0.588. The SMILES string of the molecule is CCNC(=NCCNS(C)(=O)=O)NC(C)c1ccc2ccccc2c1.I. The second-order valence-corrected chi connectivity index (χ2v) is 7.73. The first-order valence-electron chi connectivity index (χ1n) is 8.37. The third-order valence-corrected chi connectivity index (χ3v) is 4.45. The number of nitrogens with zero attached hydrogens (tertiary/aromatic N) is 1. The zero-order valence-electron chi connectivity index (χ0n) is 15.3. The van der Waals surface area contributed by atoms with E-state index in [4.69, 9.17) is 0 Å². The molecule has 2 rings (SSSR count). The van der Waals surface area contributed by atoms with Crippen LogP contribution < -0.4 is 15.4 Å². The summed E-state index contributed by atoms with van der Waals surface area (Å²) in [4.78, 5) is 4.41. The summed E-state index contributed by atoms with van der Waals surface area (Å²) in [6.07, 6.45) is 1.14. The van der Waals surface area contributed by atoms with Crippen molar-refractivity contribution in [3.8, 4) is 0 Å². The molecule has 8 heteroatoms. The number of rotatable bonds is 7. The number of hydrogen-bond acceptors (Lipinski definition) is 3. The molecule has 26 heavy (non-hydrogen) atoms. The molecule has 0 saturated carbocycles. The second-order valence-electron chi connectivity index (χ2n) is 5.90. The fourth-order valence-corrected chi connectivity index (χ4v) is 2.95. The Hall–Kier alpha value is -1.39. The summed E-state index contributed by atoms with van der Waals surface area (Å²) in [5.41, 5.74) is 1.17. The van der Waals surface area contributed by atoms with Gasteiger partial charge >= 0.3 is 0 Å². The van der Waals surface area contributed by atoms with Crippen LogP contribution in [0.15, 0.2) is 47.5 Å². The molecule has 144 valence electrons. The van der Waals surface area contributed by atoms with E-state index < -0.39 is 10.0 Å². The molecule has 0 saturated heterocycles. The standard InChI is InChI=1S/C18H26N4O2S.HI/c1-4-19-18(20-11-12-21-25(3,23)24)22-14(2)16-10-9-15-7-5-6-8-17(15)13-16;/h5-10,13-14,21H,4,11-12H2,1-3H3,(H2,19,20,22);1H. The number of nitrogens with one attached hydrogen (secondary N) is 3. The highest BCUT2D eigenvalue weighted by atomic mass is 127. The van der Waals surface area contributed by atoms with Crippen LogP contribution in [0.2, 0.25) is 0 Å². The van der Waals surface area contributed by atoms with Crippen LogP contribution in [-0.4, -0.2) is 40.3 Å². The van der Waals surface area contributed by atoms with E-state index in [1.54, 1.807) is 0 Å². The second kappa shape index (κ2) is 10.7. The van der Waals surface area contributed by atoms with Crippen molar-refractivity contribution in [3.05, 3.63) is 48.0 Å². The van der Waals surface area contributed by atoms with Gasteiger partial charge in [0.15, 0.2) is 5.96 Å². The predicted molar refractivity (Wildman–Crippen MR) is 120 cm³/mol. The maximum atomic E-state index is 11.1. The molecule has 2 aromatic rings. The van der Waals surface area contributed by atoms with Crippen molar-refractivity contribution >= 4 is 50.7 Å². The van der Waals surface area contributed by atoms with Gasteiger partial charge in [-0.15, -0.1) is 24.0 Å². The Bertz CT molecular complexity index is 840. The minimum Gasteiger partial charge on any atom is -0.357 e. The van der Waals surface area contributed by atoms with Gasteiger partial charge in [0.2, 0.25) is 10.0 Å². The number of guanidine groups is 1. The van der Waals surface area contributed by atoms with Gasteiger partial charge in [0, 0.05) is 13.1 Å². The van der Waals surface area contributed by atoms with Crippen LogP contribution in [0.3, 0.4) is 0 Å². The van der Waals surface area contributed by atoms with Crippen molar-refractivity contribution in [2.75, 3.05) is 25.9 Å². The summed E-state index contributed by atoms with van der Waals surface area (Å²) >= 11 is 0. The van der Waals surface area contributed by atoms with E-state index in [-0.39, 0.29) is 36.6 Å². The smallest absolute Gasteiger partial charge is 0.208 e. The van der Waals surface area contributed by atoms with Gasteiger partial charge in [-0.3, -0.25) is 4.99 Å². The van der Waals surface area contributed by atoms with E-state index >= 15 is 0 Å². The average Bonchev–Trinajstić information content (AvgIpc) is 2.57. The molecule has 0 aromatic heterocycles. The average molecular weight is 490 g/mol. The molecule has 0 heterocycles. The van der Waals surface area contributed by atoms with Gasteiger partial charge in [-0.1, -0.05) is 36.4 Å². The fourth-order valence-electron chi connectivity index (χ4n) is 2.48. The third kappa shape index (κ3) is 7.46. The lowest BCUT2D eigenvalue weighted by atomic mass is 10.0. The van der Waals surface area contributed by atoms with Crippen molar-refractivity contribution in [1.29, 1.82) is 0 Å². The Labute approximate surface area is 172 Å². The van der Waals surface area contributed by atoms with Crippen LogP contribution in [0, 0.1) is 0 Å². The van der Waals surface area contributed by atoms with E-state index in [9.17, 15) is 8.42 Å². The highest BCUT2D eigenvalue weighted by Gasteiger charge is 2.08. The van der Waals surface area contributed by atoms with Crippen LogP contribution in [0.25, 0.3) is 10.8 Å². The van der Waals surface area contributed by atoms with Crippen LogP contribution in [0.5, 0.6) is 0 Å². The van der Waals surface area contributed by atoms with Crippen molar-refractivity contribution in [2.24, 2.45) is 4.99 Å². The number of fused-ring (bicyclic) bond motifs is 1. The molecular weight excluding hydrogens is 463 g/mol. The molecular formula is C18H27IN4O2S. The van der Waals surface area contributed by atoms with Gasteiger partial charge in [0.05, 0.1) is 18.8 Å². The van der Waals surface area contributed by atoms with Crippen LogP contribution in [0.1, 0.15) is 25.5 Å². The first kappa shape index (κ1) is 22.7. The number of hydrogen-bond donors (Lipinski definition) is 3. The Morgan fingerprint density at radius 1 is 1.15 bits per heavy atom. The van der Waals surface area contributed by atoms with Gasteiger partial charge in [0.1, 0.15) is 0 Å². The van der Waals surface area contributed by atoms with Gasteiger partial charge in [-0.25, -0.2) is 13.1 Å². The molecule has 2 aromatic carbocycles. The lowest BCUT2D eigenvalue weighted by Gasteiger charge is -2.18. The summed E-state index contributed by atoms with van der Waals surface area (Å²) in [5.74, 6) is 0.665. The highest BCUT2D eigenvalue weighted by Crippen LogP contribution is 2.20. The van der Waals surface area contributed by atoms with Crippen molar-refractivity contribution < 1.29 is 8.42 Å². The summed E-state index contributed by atoms with van der Waals surface area (Å²) in [6, 6.07) is 14.7. The van der Waals surface area contributed by atoms with Crippen molar-refractivity contribution in [2.45, 2.75) is 19.9 Å². The molecule has 0 fully saturated rings. The molecule has 6 nitrogen and oxygen atoms in total. The molecule has 0 aliphatic rings. The Kier molecular flexibility index (Phi) is 9.31. The zero-order chi connectivity index (χ0) is 18.3. The van der Waals surface area contributed by atoms with E-state index in [0.717, 1.165) is 12.8 Å². The van der Waals surface area contributed by atoms with Gasteiger partial charge < -0.3 is 10.6 Å². The number of sulfonamides is 1. The maximum absolute atomic E-state index is 11.1. The molecule has 1 atom stereocenters. The van der Waals surface area contributed by atoms with Crippen molar-refractivity contribution in [3.63, 3.8) is 0 Å². The minimum absolute atomic E-state index is 0. The third-order valence-electron chi connectivity index (χ3n) is 3.72. The molecule has 0 aliphatic carbocycles. The molecule has 3 N–H and O–H groups in total. The molecule has 0 amide bonds. The summed E-state index contributed by atoms with van der Waals surface area (Å²) in [6.45, 7) is 5.45. The Balaban J connectivity index is 0.00000338. The van der Waals surface area contributed by atoms with E-state index in [1.807, 2.05) is 19.1 Å². The maximum Gasteiger partial charge on any atom is 0.208 e. The van der Waals surface area contributed by atoms with Crippen LogP contribution in [0.4, 0.5) is 0 Å². The van der Waals surface area contributed by atoms with Crippen molar-refractivity contribution in [1.82, 2.24) is 15.4 Å². The molecule has 0 bridgehead atoms. The summed E-state index contributed by atoms with van der Waals surface area (Å²) in [7, 11) is -3.18. The quantitative estimate of drug-likeness (QED) is 0.241. The van der Waals surface area contributed by atoms with Gasteiger partial charge in [-0.2, -0.15) is 0 Å². The Morgan fingerprint density at radius 3 is 2.50 bits per heavy atom. The molecule has 0 radical (unpaired) electrons. The monoisotopic (exact) mass is 490 g/mol. The molecule has 1 unspecified atom stereocenters. The fraction of sp³-hybridized carbons (Fsp3) is 0.389. The van der Waals surface area contributed by atoms with Crippen LogP contribution >= 0.6 is 24.0 Å². The zero-order valence-corrected chi connectivity index (χ0v) is 18.5. The molecule has 0 aliphatic heterocycles. The van der Waals surface area contributed by atoms with Gasteiger partial charge in [-0.05, 0) is 36.2 Å². The van der Waals surface area contributed by atoms with Gasteiger partial charge in [0.25, 0.3) is 0 Å². The van der Waals surface area contributed by atoms with E-state index in [2.05, 4.69) is 57.6 Å². The number of aliphatic imine (C=N–C) groups is 1.